The van der Waals surface area contributed by atoms with Crippen LogP contribution in [0.3, 0.4) is 0 Å². The third kappa shape index (κ3) is 3.41. The van der Waals surface area contributed by atoms with Crippen molar-refractivity contribution in [3.05, 3.63) is 149 Å². The first-order valence-electron chi connectivity index (χ1n) is 11.0. The molecule has 0 N–H and O–H groups in total. The van der Waals surface area contributed by atoms with Crippen molar-refractivity contribution in [2.24, 2.45) is 0 Å². The number of benzene rings is 5. The van der Waals surface area contributed by atoms with Gasteiger partial charge in [-0.3, -0.25) is 0 Å². The Kier molecular flexibility index (Phi) is 6.28. The Morgan fingerprint density at radius 3 is 0.794 bits per heavy atom. The van der Waals surface area contributed by atoms with E-state index < -0.39 is 6.60 Å². The molecule has 34 heavy (non-hydrogen) atoms. The van der Waals surface area contributed by atoms with Crippen molar-refractivity contribution in [3.63, 3.8) is 0 Å². The number of halogens is 3. The van der Waals surface area contributed by atoms with E-state index in [0.29, 0.717) is 15.1 Å². The van der Waals surface area contributed by atoms with Crippen molar-refractivity contribution < 1.29 is 0 Å². The van der Waals surface area contributed by atoms with E-state index in [2.05, 4.69) is 97.1 Å². The third-order valence-corrected chi connectivity index (χ3v) is 14.0. The average Bonchev–Trinajstić information content (AvgIpc) is 2.89. The van der Waals surface area contributed by atoms with E-state index in [9.17, 15) is 0 Å². The second-order valence-corrected chi connectivity index (χ2v) is 14.3. The summed E-state index contributed by atoms with van der Waals surface area (Å²) in [7, 11) is 0. The van der Waals surface area contributed by atoms with Gasteiger partial charge in [0.05, 0.1) is 0 Å². The van der Waals surface area contributed by atoms with Crippen molar-refractivity contribution in [3.8, 4) is 0 Å². The van der Waals surface area contributed by atoms with Crippen LogP contribution in [0.1, 0.15) is 0 Å². The van der Waals surface area contributed by atoms with Gasteiger partial charge in [0.15, 0.2) is 0 Å². The van der Waals surface area contributed by atoms with Crippen molar-refractivity contribution in [2.75, 3.05) is 0 Å². The SMILES string of the molecule is Clc1ccc(P(c2ccccc2)(c2ccccc2)(c2ccc(Cl)cc2)c2ccc(Cl)cc2)cc1. The van der Waals surface area contributed by atoms with Gasteiger partial charge in [0.2, 0.25) is 0 Å². The number of hydrogen-bond donors (Lipinski definition) is 0. The molecular weight excluding hydrogens is 498 g/mol. The Balaban J connectivity index is 2.12. The zero-order valence-electron chi connectivity index (χ0n) is 18.3. The molecule has 0 nitrogen and oxygen atoms in total. The fraction of sp³-hybridized carbons (Fsp3) is 0. The quantitative estimate of drug-likeness (QED) is 0.217. The van der Waals surface area contributed by atoms with Gasteiger partial charge in [-0.05, 0) is 0 Å². The van der Waals surface area contributed by atoms with Crippen LogP contribution < -0.4 is 26.5 Å². The summed E-state index contributed by atoms with van der Waals surface area (Å²) in [5.74, 6) is 0. The molecule has 0 aromatic heterocycles. The molecule has 0 saturated heterocycles. The molecule has 0 atom stereocenters. The Bertz CT molecular complexity index is 1240. The summed E-state index contributed by atoms with van der Waals surface area (Å²) in [4.78, 5) is 0. The van der Waals surface area contributed by atoms with E-state index in [-0.39, 0.29) is 0 Å². The van der Waals surface area contributed by atoms with Crippen LogP contribution in [0.5, 0.6) is 0 Å². The van der Waals surface area contributed by atoms with Crippen molar-refractivity contribution >= 4 is 67.9 Å². The van der Waals surface area contributed by atoms with Gasteiger partial charge in [-0.25, -0.2) is 0 Å². The number of rotatable bonds is 5. The summed E-state index contributed by atoms with van der Waals surface area (Å²) in [6.07, 6.45) is 0. The van der Waals surface area contributed by atoms with Crippen LogP contribution in [-0.4, -0.2) is 0 Å². The van der Waals surface area contributed by atoms with E-state index in [4.69, 9.17) is 34.8 Å². The van der Waals surface area contributed by atoms with Gasteiger partial charge in [-0.15, -0.1) is 0 Å². The van der Waals surface area contributed by atoms with Crippen LogP contribution in [-0.2, 0) is 0 Å². The normalized spacial score (nSPS) is 12.6. The topological polar surface area (TPSA) is 0 Å². The van der Waals surface area contributed by atoms with E-state index in [1.807, 2.05) is 36.4 Å². The summed E-state index contributed by atoms with van der Waals surface area (Å²) < 4.78 is 0. The van der Waals surface area contributed by atoms with E-state index in [1.165, 1.54) is 26.5 Å². The predicted molar refractivity (Wildman–Crippen MR) is 152 cm³/mol. The van der Waals surface area contributed by atoms with Crippen molar-refractivity contribution in [2.45, 2.75) is 0 Å². The summed E-state index contributed by atoms with van der Waals surface area (Å²) in [6.45, 7) is -3.51. The molecule has 0 aliphatic carbocycles. The van der Waals surface area contributed by atoms with Crippen molar-refractivity contribution in [1.29, 1.82) is 0 Å². The van der Waals surface area contributed by atoms with Gasteiger partial charge in [0.25, 0.3) is 0 Å². The Labute approximate surface area is 215 Å². The van der Waals surface area contributed by atoms with Crippen LogP contribution >= 0.6 is 41.4 Å². The van der Waals surface area contributed by atoms with Gasteiger partial charge >= 0.3 is 216 Å². The molecule has 168 valence electrons. The molecule has 0 bridgehead atoms. The molecule has 0 aliphatic rings. The maximum absolute atomic E-state index is 6.41. The Morgan fingerprint density at radius 1 is 0.294 bits per heavy atom. The fourth-order valence-corrected chi connectivity index (χ4v) is 12.3. The molecule has 5 aromatic rings. The van der Waals surface area contributed by atoms with Crippen molar-refractivity contribution in [1.82, 2.24) is 0 Å². The van der Waals surface area contributed by atoms with Gasteiger partial charge in [0.1, 0.15) is 0 Å². The van der Waals surface area contributed by atoms with Crippen LogP contribution in [0, 0.1) is 0 Å². The summed E-state index contributed by atoms with van der Waals surface area (Å²) in [5.41, 5.74) is 0. The molecule has 0 unspecified atom stereocenters. The molecule has 0 aliphatic heterocycles. The minimum absolute atomic E-state index is 0.702. The molecule has 0 heterocycles. The standard InChI is InChI=1S/C30H22Cl3P/c31-23-11-17-28(18-12-23)34(26-7-3-1-4-8-26,27-9-5-2-6-10-27,29-19-13-24(32)14-20-29)30-21-15-25(33)16-22-30/h1-22H. The number of hydrogen-bond acceptors (Lipinski definition) is 0. The van der Waals surface area contributed by atoms with Gasteiger partial charge in [-0.2, -0.15) is 0 Å². The molecule has 0 amide bonds. The fourth-order valence-electron chi connectivity index (χ4n) is 5.16. The van der Waals surface area contributed by atoms with Crippen LogP contribution in [0.2, 0.25) is 15.1 Å². The third-order valence-electron chi connectivity index (χ3n) is 6.57. The average molecular weight is 520 g/mol. The first-order chi connectivity index (χ1) is 16.6. The molecule has 0 radical (unpaired) electrons. The maximum atomic E-state index is 6.41. The molecule has 4 heteroatoms. The Morgan fingerprint density at radius 2 is 0.529 bits per heavy atom. The molecule has 0 fully saturated rings. The second-order valence-electron chi connectivity index (χ2n) is 8.22. The predicted octanol–water partition coefficient (Wildman–Crippen LogP) is 7.13. The van der Waals surface area contributed by atoms with Gasteiger partial charge in [-0.1, -0.05) is 0 Å². The summed E-state index contributed by atoms with van der Waals surface area (Å²) in [5, 5.41) is 8.14. The Hall–Kier alpha value is -2.60. The van der Waals surface area contributed by atoms with E-state index in [0.717, 1.165) is 0 Å². The van der Waals surface area contributed by atoms with Gasteiger partial charge in [0, 0.05) is 0 Å². The zero-order chi connectivity index (χ0) is 23.6. The molecule has 5 aromatic carbocycles. The monoisotopic (exact) mass is 518 g/mol. The zero-order valence-corrected chi connectivity index (χ0v) is 21.4. The first-order valence-corrected chi connectivity index (χ1v) is 14.3. The molecule has 5 rings (SSSR count). The molecule has 0 spiro atoms. The van der Waals surface area contributed by atoms with Crippen LogP contribution in [0.15, 0.2) is 133 Å². The summed E-state index contributed by atoms with van der Waals surface area (Å²) in [6, 6.07) is 46.4. The summed E-state index contributed by atoms with van der Waals surface area (Å²) >= 11 is 19.2. The molecule has 0 saturated carbocycles. The van der Waals surface area contributed by atoms with Crippen LogP contribution in [0.4, 0.5) is 0 Å². The van der Waals surface area contributed by atoms with E-state index in [1.54, 1.807) is 0 Å². The molecular formula is C30H22Cl3P. The first kappa shape index (κ1) is 23.2. The van der Waals surface area contributed by atoms with Gasteiger partial charge < -0.3 is 0 Å². The minimum atomic E-state index is -3.51. The van der Waals surface area contributed by atoms with E-state index >= 15 is 0 Å². The van der Waals surface area contributed by atoms with Crippen LogP contribution in [0.25, 0.3) is 0 Å². The second kappa shape index (κ2) is 9.21.